The molecule has 2 heterocycles. The second kappa shape index (κ2) is 8.50. The third-order valence-corrected chi connectivity index (χ3v) is 7.49. The topological polar surface area (TPSA) is 17.3 Å². The maximum absolute atomic E-state index is 14.9. The summed E-state index contributed by atoms with van der Waals surface area (Å²) in [6.07, 6.45) is 13.5. The van der Waals surface area contributed by atoms with Gasteiger partial charge in [0.25, 0.3) is 0 Å². The van der Waals surface area contributed by atoms with Crippen LogP contribution in [0.15, 0.2) is 60.8 Å². The van der Waals surface area contributed by atoms with Crippen LogP contribution in [0.4, 0.5) is 8.78 Å². The van der Waals surface area contributed by atoms with Crippen molar-refractivity contribution in [2.45, 2.75) is 52.9 Å². The van der Waals surface area contributed by atoms with Crippen molar-refractivity contribution in [1.29, 1.82) is 0 Å². The predicted octanol–water partition coefficient (Wildman–Crippen LogP) is 8.62. The average Bonchev–Trinajstić information content (AvgIpc) is 3.27. The summed E-state index contributed by atoms with van der Waals surface area (Å²) in [5.41, 5.74) is 5.49. The Kier molecular flexibility index (Phi) is 5.63. The van der Waals surface area contributed by atoms with Gasteiger partial charge >= 0.3 is 0 Å². The van der Waals surface area contributed by atoms with Crippen LogP contribution >= 0.6 is 0 Å². The third-order valence-electron chi connectivity index (χ3n) is 7.49. The minimum Gasteiger partial charge on any atom is -0.292 e. The Morgan fingerprint density at radius 1 is 1.15 bits per heavy atom. The highest BCUT2D eigenvalue weighted by Crippen LogP contribution is 2.49. The van der Waals surface area contributed by atoms with E-state index in [1.54, 1.807) is 6.20 Å². The molecule has 0 spiro atoms. The van der Waals surface area contributed by atoms with Crippen LogP contribution in [0.2, 0.25) is 0 Å². The van der Waals surface area contributed by atoms with Crippen LogP contribution in [-0.2, 0) is 0 Å². The van der Waals surface area contributed by atoms with Crippen molar-refractivity contribution in [3.05, 3.63) is 89.1 Å². The standard InChI is InChI=1S/C30H30F2N2/c1-5-7-16-30(4,6-2)22-11-8-10-20-21-17-19(3)14-15-25(21)34-26(18-33-29(34)27(20)22)28-23(31)12-9-13-24(28)32/h7-10,12-18,22H,5-6,11H2,1-4H3. The smallest absolute Gasteiger partial charge is 0.141 e. The summed E-state index contributed by atoms with van der Waals surface area (Å²) in [6.45, 7) is 8.77. The molecule has 0 bridgehead atoms. The predicted molar refractivity (Wildman–Crippen MR) is 137 cm³/mol. The summed E-state index contributed by atoms with van der Waals surface area (Å²) < 4.78 is 31.8. The zero-order valence-electron chi connectivity index (χ0n) is 20.2. The molecule has 1 aliphatic carbocycles. The molecule has 0 saturated carbocycles. The Bertz CT molecular complexity index is 1440. The number of hydrogen-bond acceptors (Lipinski definition) is 1. The summed E-state index contributed by atoms with van der Waals surface area (Å²) in [5, 5.41) is 1.08. The number of aryl methyl sites for hydroxylation is 1. The van der Waals surface area contributed by atoms with E-state index in [-0.39, 0.29) is 16.9 Å². The first-order valence-corrected chi connectivity index (χ1v) is 12.1. The van der Waals surface area contributed by atoms with Gasteiger partial charge in [-0.25, -0.2) is 13.8 Å². The van der Waals surface area contributed by atoms with Gasteiger partial charge in [-0.3, -0.25) is 4.40 Å². The number of halogens is 2. The van der Waals surface area contributed by atoms with E-state index in [2.05, 4.69) is 58.1 Å². The fourth-order valence-electron chi connectivity index (χ4n) is 5.46. The molecule has 34 heavy (non-hydrogen) atoms. The Morgan fingerprint density at radius 3 is 2.62 bits per heavy atom. The van der Waals surface area contributed by atoms with E-state index in [0.717, 1.165) is 52.5 Å². The largest absolute Gasteiger partial charge is 0.292 e. The first kappa shape index (κ1) is 22.5. The highest BCUT2D eigenvalue weighted by molar-refractivity contribution is 5.96. The van der Waals surface area contributed by atoms with Gasteiger partial charge in [-0.15, -0.1) is 0 Å². The van der Waals surface area contributed by atoms with Crippen LogP contribution in [0.5, 0.6) is 0 Å². The lowest BCUT2D eigenvalue weighted by Crippen LogP contribution is -2.25. The Morgan fingerprint density at radius 2 is 1.91 bits per heavy atom. The summed E-state index contributed by atoms with van der Waals surface area (Å²) in [7, 11) is 0. The van der Waals surface area contributed by atoms with Crippen LogP contribution in [-0.4, -0.2) is 9.38 Å². The number of fused-ring (bicyclic) bond motifs is 6. The Labute approximate surface area is 199 Å². The van der Waals surface area contributed by atoms with E-state index in [4.69, 9.17) is 4.98 Å². The maximum atomic E-state index is 14.9. The lowest BCUT2D eigenvalue weighted by molar-refractivity contribution is 0.322. The van der Waals surface area contributed by atoms with Crippen molar-refractivity contribution in [1.82, 2.24) is 9.38 Å². The molecule has 4 aromatic rings. The van der Waals surface area contributed by atoms with Gasteiger partial charge in [0.05, 0.1) is 23.0 Å². The summed E-state index contributed by atoms with van der Waals surface area (Å²) in [5.74, 6) is -0.963. The van der Waals surface area contributed by atoms with Gasteiger partial charge < -0.3 is 0 Å². The van der Waals surface area contributed by atoms with E-state index < -0.39 is 11.6 Å². The van der Waals surface area contributed by atoms with E-state index in [1.165, 1.54) is 18.2 Å². The van der Waals surface area contributed by atoms with E-state index in [1.807, 2.05) is 16.5 Å². The number of rotatable bonds is 5. The van der Waals surface area contributed by atoms with E-state index in [9.17, 15) is 8.78 Å². The van der Waals surface area contributed by atoms with Gasteiger partial charge in [-0.2, -0.15) is 0 Å². The lowest BCUT2D eigenvalue weighted by atomic mass is 9.67. The van der Waals surface area contributed by atoms with Crippen molar-refractivity contribution in [3.63, 3.8) is 0 Å². The molecule has 0 radical (unpaired) electrons. The quantitative estimate of drug-likeness (QED) is 0.275. The minimum atomic E-state index is -0.583. The summed E-state index contributed by atoms with van der Waals surface area (Å²) >= 11 is 0. The van der Waals surface area contributed by atoms with Crippen molar-refractivity contribution in [2.75, 3.05) is 0 Å². The van der Waals surface area contributed by atoms with Crippen LogP contribution in [0.3, 0.4) is 0 Å². The normalized spacial score (nSPS) is 17.5. The number of imidazole rings is 1. The number of benzene rings is 2. The van der Waals surface area contributed by atoms with Crippen molar-refractivity contribution < 1.29 is 8.78 Å². The first-order valence-electron chi connectivity index (χ1n) is 12.1. The van der Waals surface area contributed by atoms with Gasteiger partial charge in [0.2, 0.25) is 0 Å². The molecule has 2 nitrogen and oxygen atoms in total. The third kappa shape index (κ3) is 3.39. The van der Waals surface area contributed by atoms with Crippen LogP contribution in [0, 0.1) is 24.0 Å². The SMILES string of the molecule is CCC=CC(C)(CC)C1CC=Cc2c1c1ncc(-c3c(F)cccc3F)n1c1ccc(C)cc21. The number of hydrogen-bond donors (Lipinski definition) is 0. The number of allylic oxidation sites excluding steroid dienone is 3. The zero-order chi connectivity index (χ0) is 24.0. The number of aromatic nitrogens is 2. The van der Waals surface area contributed by atoms with Crippen LogP contribution < -0.4 is 0 Å². The van der Waals surface area contributed by atoms with Gasteiger partial charge in [0.15, 0.2) is 0 Å². The fraction of sp³-hybridized carbons (Fsp3) is 0.300. The molecule has 1 aliphatic rings. The molecule has 0 N–H and O–H groups in total. The fourth-order valence-corrected chi connectivity index (χ4v) is 5.46. The molecule has 0 aliphatic heterocycles. The van der Waals surface area contributed by atoms with Crippen molar-refractivity contribution >= 4 is 22.6 Å². The molecule has 2 atom stereocenters. The number of pyridine rings is 1. The Hall–Kier alpha value is -3.27. The van der Waals surface area contributed by atoms with Gasteiger partial charge in [-0.05, 0) is 61.4 Å². The maximum Gasteiger partial charge on any atom is 0.141 e. The van der Waals surface area contributed by atoms with Crippen LogP contribution in [0.25, 0.3) is 33.9 Å². The van der Waals surface area contributed by atoms with Gasteiger partial charge in [0, 0.05) is 16.9 Å². The van der Waals surface area contributed by atoms with Crippen molar-refractivity contribution in [3.8, 4) is 11.3 Å². The molecular weight excluding hydrogens is 426 g/mol. The highest BCUT2D eigenvalue weighted by atomic mass is 19.1. The molecule has 2 aromatic carbocycles. The van der Waals surface area contributed by atoms with E-state index >= 15 is 0 Å². The summed E-state index contributed by atoms with van der Waals surface area (Å²) in [4.78, 5) is 4.81. The monoisotopic (exact) mass is 456 g/mol. The van der Waals surface area contributed by atoms with E-state index in [0.29, 0.717) is 5.69 Å². The molecule has 174 valence electrons. The molecule has 0 amide bonds. The molecule has 0 saturated heterocycles. The number of nitrogens with zero attached hydrogens (tertiary/aromatic N) is 2. The second-order valence-electron chi connectivity index (χ2n) is 9.61. The molecule has 2 unspecified atom stereocenters. The van der Waals surface area contributed by atoms with Gasteiger partial charge in [-0.1, -0.05) is 62.8 Å². The second-order valence-corrected chi connectivity index (χ2v) is 9.61. The molecule has 5 rings (SSSR count). The minimum absolute atomic E-state index is 0.0381. The average molecular weight is 457 g/mol. The van der Waals surface area contributed by atoms with Crippen LogP contribution in [0.1, 0.15) is 62.6 Å². The molecule has 2 aromatic heterocycles. The lowest BCUT2D eigenvalue weighted by Gasteiger charge is -2.37. The Balaban J connectivity index is 1.92. The summed E-state index contributed by atoms with van der Waals surface area (Å²) in [6, 6.07) is 10.3. The van der Waals surface area contributed by atoms with Crippen molar-refractivity contribution in [2.24, 2.45) is 5.41 Å². The molecule has 4 heteroatoms. The molecule has 0 fully saturated rings. The highest BCUT2D eigenvalue weighted by Gasteiger charge is 2.36. The first-order chi connectivity index (χ1) is 16.4. The van der Waals surface area contributed by atoms with Gasteiger partial charge in [0.1, 0.15) is 17.3 Å². The molecular formula is C30H30F2N2. The zero-order valence-corrected chi connectivity index (χ0v) is 20.2.